The highest BCUT2D eigenvalue weighted by Gasteiger charge is 2.30. The lowest BCUT2D eigenvalue weighted by Crippen LogP contribution is -2.18. The van der Waals surface area contributed by atoms with Gasteiger partial charge in [-0.3, -0.25) is 14.2 Å². The summed E-state index contributed by atoms with van der Waals surface area (Å²) in [5, 5.41) is 0. The van der Waals surface area contributed by atoms with Gasteiger partial charge in [-0.25, -0.2) is 4.57 Å². The first-order chi connectivity index (χ1) is 5.12. The molecule has 0 aromatic rings. The van der Waals surface area contributed by atoms with Gasteiger partial charge in [0.1, 0.15) is 0 Å². The van der Waals surface area contributed by atoms with Crippen molar-refractivity contribution in [2.24, 2.45) is 0 Å². The first-order valence-electron chi connectivity index (χ1n) is 3.36. The first-order valence-corrected chi connectivity index (χ1v) is 4.86. The highest BCUT2D eigenvalue weighted by atomic mass is 31.2. The highest BCUT2D eigenvalue weighted by molar-refractivity contribution is 7.48. The van der Waals surface area contributed by atoms with E-state index in [1.807, 2.05) is 0 Å². The summed E-state index contributed by atoms with van der Waals surface area (Å²) in [5.41, 5.74) is -0.820. The molecule has 0 aliphatic carbocycles. The maximum atomic E-state index is 10.9. The zero-order valence-corrected chi connectivity index (χ0v) is 8.42. The second kappa shape index (κ2) is 3.56. The molecular formula is C6H13O5P. The van der Waals surface area contributed by atoms with Gasteiger partial charge in [-0.1, -0.05) is 0 Å². The van der Waals surface area contributed by atoms with Crippen LogP contribution in [0.2, 0.25) is 0 Å². The molecule has 12 heavy (non-hydrogen) atoms. The number of phosphoric acid groups is 1. The van der Waals surface area contributed by atoms with E-state index in [0.29, 0.717) is 0 Å². The molecule has 0 fully saturated rings. The predicted octanol–water partition coefficient (Wildman–Crippen LogP) is 1.46. The van der Waals surface area contributed by atoms with Crippen molar-refractivity contribution in [1.82, 2.24) is 0 Å². The topological polar surface area (TPSA) is 72.8 Å². The van der Waals surface area contributed by atoms with Crippen LogP contribution in [0.1, 0.15) is 27.7 Å². The molecule has 1 unspecified atom stereocenters. The van der Waals surface area contributed by atoms with E-state index in [-0.39, 0.29) is 0 Å². The van der Waals surface area contributed by atoms with E-state index in [4.69, 9.17) is 4.89 Å². The smallest absolute Gasteiger partial charge is 0.371 e. The van der Waals surface area contributed by atoms with Crippen molar-refractivity contribution in [3.8, 4) is 0 Å². The summed E-state index contributed by atoms with van der Waals surface area (Å²) in [4.78, 5) is 19.2. The molecule has 0 aliphatic heterocycles. The van der Waals surface area contributed by atoms with E-state index in [9.17, 15) is 9.36 Å². The van der Waals surface area contributed by atoms with Crippen molar-refractivity contribution in [2.45, 2.75) is 33.3 Å². The SMILES string of the molecule is CC(=O)OP(=O)(O)OC(C)(C)C. The van der Waals surface area contributed by atoms with E-state index in [1.165, 1.54) is 0 Å². The average molecular weight is 196 g/mol. The zero-order valence-electron chi connectivity index (χ0n) is 7.53. The standard InChI is InChI=1S/C6H13O5P/c1-5(7)10-12(8,9)11-6(2,3)4/h1-4H3,(H,8,9). The normalized spacial score (nSPS) is 16.8. The van der Waals surface area contributed by atoms with Crippen molar-refractivity contribution >= 4 is 13.8 Å². The fraction of sp³-hybridized carbons (Fsp3) is 0.833. The van der Waals surface area contributed by atoms with Gasteiger partial charge in [0.25, 0.3) is 0 Å². The van der Waals surface area contributed by atoms with Crippen molar-refractivity contribution in [2.75, 3.05) is 0 Å². The number of hydrogen-bond acceptors (Lipinski definition) is 4. The summed E-state index contributed by atoms with van der Waals surface area (Å²) in [6.45, 7) is 5.78. The summed E-state index contributed by atoms with van der Waals surface area (Å²) < 4.78 is 19.6. The number of phosphoric ester groups is 1. The molecule has 72 valence electrons. The van der Waals surface area contributed by atoms with Crippen LogP contribution in [0.3, 0.4) is 0 Å². The molecule has 6 heteroatoms. The molecule has 0 saturated carbocycles. The Morgan fingerprint density at radius 2 is 1.83 bits per heavy atom. The van der Waals surface area contributed by atoms with Crippen LogP contribution >= 0.6 is 7.82 Å². The minimum Gasteiger partial charge on any atom is -0.371 e. The molecule has 1 atom stereocenters. The third kappa shape index (κ3) is 6.34. The van der Waals surface area contributed by atoms with Crippen LogP contribution in [0.5, 0.6) is 0 Å². The van der Waals surface area contributed by atoms with E-state index in [2.05, 4.69) is 9.05 Å². The minimum absolute atomic E-state index is 0.820. The van der Waals surface area contributed by atoms with E-state index < -0.39 is 19.4 Å². The van der Waals surface area contributed by atoms with E-state index in [0.717, 1.165) is 6.92 Å². The van der Waals surface area contributed by atoms with Gasteiger partial charge in [-0.15, -0.1) is 0 Å². The maximum Gasteiger partial charge on any atom is 0.530 e. The lowest BCUT2D eigenvalue weighted by atomic mass is 10.2. The van der Waals surface area contributed by atoms with Crippen molar-refractivity contribution in [3.05, 3.63) is 0 Å². The third-order valence-electron chi connectivity index (χ3n) is 0.633. The Bertz CT molecular complexity index is 216. The van der Waals surface area contributed by atoms with Crippen LogP contribution in [-0.4, -0.2) is 16.5 Å². The molecule has 0 spiro atoms. The van der Waals surface area contributed by atoms with Crippen LogP contribution in [0.25, 0.3) is 0 Å². The fourth-order valence-corrected chi connectivity index (χ4v) is 1.58. The third-order valence-corrected chi connectivity index (χ3v) is 1.90. The molecule has 5 nitrogen and oxygen atoms in total. The summed E-state index contributed by atoms with van der Waals surface area (Å²) in [6, 6.07) is 0. The Hall–Kier alpha value is -0.380. The largest absolute Gasteiger partial charge is 0.530 e. The average Bonchev–Trinajstić information content (AvgIpc) is 1.48. The molecule has 0 radical (unpaired) electrons. The molecule has 0 aliphatic rings. The Kier molecular flexibility index (Phi) is 3.45. The van der Waals surface area contributed by atoms with Crippen molar-refractivity contribution < 1.29 is 23.3 Å². The van der Waals surface area contributed by atoms with Crippen molar-refractivity contribution in [1.29, 1.82) is 0 Å². The van der Waals surface area contributed by atoms with Crippen LogP contribution in [-0.2, 0) is 18.4 Å². The Labute approximate surface area is 71.3 Å². The Balaban J connectivity index is 4.24. The summed E-state index contributed by atoms with van der Waals surface area (Å²) in [5.74, 6) is -0.843. The van der Waals surface area contributed by atoms with Gasteiger partial charge in [-0.2, -0.15) is 0 Å². The second-order valence-electron chi connectivity index (χ2n) is 3.26. The van der Waals surface area contributed by atoms with Crippen LogP contribution in [0.15, 0.2) is 0 Å². The van der Waals surface area contributed by atoms with Crippen LogP contribution in [0.4, 0.5) is 0 Å². The molecule has 0 heterocycles. The summed E-state index contributed by atoms with van der Waals surface area (Å²) in [6.07, 6.45) is 0. The minimum atomic E-state index is -4.22. The molecule has 1 N–H and O–H groups in total. The number of carbonyl (C=O) groups is 1. The second-order valence-corrected chi connectivity index (χ2v) is 4.56. The van der Waals surface area contributed by atoms with Gasteiger partial charge in [-0.05, 0) is 20.8 Å². The van der Waals surface area contributed by atoms with Crippen LogP contribution in [0, 0.1) is 0 Å². The van der Waals surface area contributed by atoms with E-state index >= 15 is 0 Å². The quantitative estimate of drug-likeness (QED) is 0.677. The monoisotopic (exact) mass is 196 g/mol. The highest BCUT2D eigenvalue weighted by Crippen LogP contribution is 2.47. The van der Waals surface area contributed by atoms with Gasteiger partial charge in [0, 0.05) is 6.92 Å². The van der Waals surface area contributed by atoms with Crippen LogP contribution < -0.4 is 0 Å². The fourth-order valence-electron chi connectivity index (χ4n) is 0.527. The van der Waals surface area contributed by atoms with Gasteiger partial charge >= 0.3 is 13.8 Å². The first kappa shape index (κ1) is 11.6. The lowest BCUT2D eigenvalue weighted by Gasteiger charge is -2.21. The van der Waals surface area contributed by atoms with Crippen molar-refractivity contribution in [3.63, 3.8) is 0 Å². The molecular weight excluding hydrogens is 183 g/mol. The molecule has 0 amide bonds. The van der Waals surface area contributed by atoms with Gasteiger partial charge in [0.2, 0.25) is 0 Å². The molecule has 0 bridgehead atoms. The Morgan fingerprint density at radius 1 is 1.42 bits per heavy atom. The lowest BCUT2D eigenvalue weighted by molar-refractivity contribution is -0.134. The zero-order chi connectivity index (χ0) is 9.99. The summed E-state index contributed by atoms with van der Waals surface area (Å²) >= 11 is 0. The molecule has 0 aromatic carbocycles. The molecule has 0 rings (SSSR count). The maximum absolute atomic E-state index is 10.9. The number of hydrogen-bond donors (Lipinski definition) is 1. The number of rotatable bonds is 2. The Morgan fingerprint density at radius 3 is 2.08 bits per heavy atom. The van der Waals surface area contributed by atoms with Gasteiger partial charge < -0.3 is 4.52 Å². The summed E-state index contributed by atoms with van der Waals surface area (Å²) in [7, 11) is -4.22. The predicted molar refractivity (Wildman–Crippen MR) is 42.4 cm³/mol. The van der Waals surface area contributed by atoms with Gasteiger partial charge in [0.15, 0.2) is 0 Å². The number of carbonyl (C=O) groups excluding carboxylic acids is 1. The van der Waals surface area contributed by atoms with Gasteiger partial charge in [0.05, 0.1) is 5.60 Å². The molecule has 0 aromatic heterocycles. The van der Waals surface area contributed by atoms with E-state index in [1.54, 1.807) is 20.8 Å². The molecule has 0 saturated heterocycles.